The molecule has 2 aromatic carbocycles. The van der Waals surface area contributed by atoms with E-state index in [0.717, 1.165) is 23.2 Å². The number of rotatable bonds is 4. The van der Waals surface area contributed by atoms with Gasteiger partial charge in [-0.2, -0.15) is 0 Å². The molecule has 0 spiro atoms. The van der Waals surface area contributed by atoms with Crippen molar-refractivity contribution in [2.45, 2.75) is 25.9 Å². The van der Waals surface area contributed by atoms with Crippen molar-refractivity contribution in [2.24, 2.45) is 0 Å². The second kappa shape index (κ2) is 6.02. The Morgan fingerprint density at radius 2 is 1.86 bits per heavy atom. The molecule has 4 nitrogen and oxygen atoms in total. The largest absolute Gasteiger partial charge is 0.453 e. The van der Waals surface area contributed by atoms with E-state index in [1.54, 1.807) is 12.1 Å². The van der Waals surface area contributed by atoms with Gasteiger partial charge >= 0.3 is 5.97 Å². The van der Waals surface area contributed by atoms with Gasteiger partial charge in [-0.15, -0.1) is 0 Å². The van der Waals surface area contributed by atoms with Gasteiger partial charge in [-0.05, 0) is 24.1 Å². The van der Waals surface area contributed by atoms with Gasteiger partial charge in [0.15, 0.2) is 0 Å². The average Bonchev–Trinajstić information content (AvgIpc) is 2.84. The Morgan fingerprint density at radius 1 is 1.14 bits per heavy atom. The molecular weight excluding hydrogens is 278 g/mol. The molecule has 1 amide bonds. The van der Waals surface area contributed by atoms with Crippen LogP contribution in [-0.4, -0.2) is 11.9 Å². The maximum absolute atomic E-state index is 12.3. The molecule has 0 unspecified atom stereocenters. The van der Waals surface area contributed by atoms with E-state index in [-0.39, 0.29) is 18.3 Å². The molecule has 0 aromatic heterocycles. The van der Waals surface area contributed by atoms with Crippen molar-refractivity contribution < 1.29 is 14.3 Å². The van der Waals surface area contributed by atoms with Gasteiger partial charge in [-0.3, -0.25) is 4.79 Å². The zero-order valence-corrected chi connectivity index (χ0v) is 12.3. The minimum absolute atomic E-state index is 0.126. The molecule has 1 N–H and O–H groups in total. The molecule has 4 heteroatoms. The fourth-order valence-corrected chi connectivity index (χ4v) is 2.69. The summed E-state index contributed by atoms with van der Waals surface area (Å²) in [5.74, 6) is -0.516. The Labute approximate surface area is 129 Å². The van der Waals surface area contributed by atoms with Crippen LogP contribution in [0.5, 0.6) is 0 Å². The summed E-state index contributed by atoms with van der Waals surface area (Å²) in [6.45, 7) is 2.04. The predicted octanol–water partition coefficient (Wildman–Crippen LogP) is 3.49. The molecule has 0 radical (unpaired) electrons. The fraction of sp³-hybridized carbons (Fsp3) is 0.222. The monoisotopic (exact) mass is 295 g/mol. The van der Waals surface area contributed by atoms with Crippen molar-refractivity contribution in [1.82, 2.24) is 0 Å². The third-order valence-corrected chi connectivity index (χ3v) is 3.82. The minimum atomic E-state index is -0.502. The lowest BCUT2D eigenvalue weighted by Crippen LogP contribution is -2.16. The molecule has 3 rings (SSSR count). The van der Waals surface area contributed by atoms with Crippen molar-refractivity contribution in [1.29, 1.82) is 0 Å². The number of esters is 1. The number of amides is 1. The predicted molar refractivity (Wildman–Crippen MR) is 83.7 cm³/mol. The van der Waals surface area contributed by atoms with Gasteiger partial charge in [-0.25, -0.2) is 4.79 Å². The number of para-hydroxylation sites is 1. The lowest BCUT2D eigenvalue weighted by atomic mass is 10.0. The molecule has 0 fully saturated rings. The standard InChI is InChI=1S/C18H17NO3/c1-2-12-7-3-6-10-15(12)19-17(20)11-16-13-8-4-5-9-14(13)18(21)22-16/h3-10,16H,2,11H2,1H3,(H,19,20)/t16-/m0/s1. The van der Waals surface area contributed by atoms with E-state index in [2.05, 4.69) is 5.32 Å². The number of hydrogen-bond donors (Lipinski definition) is 1. The van der Waals surface area contributed by atoms with Crippen molar-refractivity contribution in [3.63, 3.8) is 0 Å². The second-order valence-electron chi connectivity index (χ2n) is 5.24. The lowest BCUT2D eigenvalue weighted by Gasteiger charge is -2.13. The Balaban J connectivity index is 1.72. The van der Waals surface area contributed by atoms with Crippen molar-refractivity contribution in [2.75, 3.05) is 5.32 Å². The van der Waals surface area contributed by atoms with Crippen LogP contribution in [0.1, 0.15) is 40.9 Å². The summed E-state index contributed by atoms with van der Waals surface area (Å²) in [5, 5.41) is 2.90. The van der Waals surface area contributed by atoms with Crippen LogP contribution in [0.2, 0.25) is 0 Å². The summed E-state index contributed by atoms with van der Waals surface area (Å²) in [6, 6.07) is 14.9. The molecule has 0 saturated carbocycles. The van der Waals surface area contributed by atoms with Crippen molar-refractivity contribution in [3.05, 3.63) is 65.2 Å². The van der Waals surface area contributed by atoms with Gasteiger partial charge in [0.2, 0.25) is 5.91 Å². The lowest BCUT2D eigenvalue weighted by molar-refractivity contribution is -0.118. The summed E-state index contributed by atoms with van der Waals surface area (Å²) in [4.78, 5) is 24.0. The molecule has 1 atom stereocenters. The van der Waals surface area contributed by atoms with Gasteiger partial charge in [0.05, 0.1) is 12.0 Å². The van der Waals surface area contributed by atoms with Gasteiger partial charge in [0.25, 0.3) is 0 Å². The van der Waals surface area contributed by atoms with Crippen LogP contribution in [0.15, 0.2) is 48.5 Å². The number of cyclic esters (lactones) is 1. The normalized spacial score (nSPS) is 16.0. The third-order valence-electron chi connectivity index (χ3n) is 3.82. The first-order valence-corrected chi connectivity index (χ1v) is 7.36. The Morgan fingerprint density at radius 3 is 2.68 bits per heavy atom. The van der Waals surface area contributed by atoms with Crippen LogP contribution < -0.4 is 5.32 Å². The maximum Gasteiger partial charge on any atom is 0.339 e. The Kier molecular flexibility index (Phi) is 3.92. The average molecular weight is 295 g/mol. The van der Waals surface area contributed by atoms with Crippen LogP contribution in [0, 0.1) is 0 Å². The van der Waals surface area contributed by atoms with E-state index in [0.29, 0.717) is 5.56 Å². The molecule has 22 heavy (non-hydrogen) atoms. The molecule has 1 heterocycles. The third kappa shape index (κ3) is 2.72. The molecule has 1 aliphatic rings. The highest BCUT2D eigenvalue weighted by molar-refractivity contribution is 5.96. The number of fused-ring (bicyclic) bond motifs is 1. The van der Waals surface area contributed by atoms with E-state index in [1.807, 2.05) is 43.3 Å². The van der Waals surface area contributed by atoms with Crippen LogP contribution in [0.4, 0.5) is 5.69 Å². The first-order chi connectivity index (χ1) is 10.7. The summed E-state index contributed by atoms with van der Waals surface area (Å²) >= 11 is 0. The molecule has 112 valence electrons. The second-order valence-corrected chi connectivity index (χ2v) is 5.24. The number of ether oxygens (including phenoxy) is 1. The topological polar surface area (TPSA) is 55.4 Å². The molecular formula is C18H17NO3. The summed E-state index contributed by atoms with van der Waals surface area (Å²) < 4.78 is 5.30. The number of benzene rings is 2. The van der Waals surface area contributed by atoms with E-state index in [1.165, 1.54) is 0 Å². The minimum Gasteiger partial charge on any atom is -0.453 e. The zero-order chi connectivity index (χ0) is 15.5. The summed E-state index contributed by atoms with van der Waals surface area (Å²) in [5.41, 5.74) is 3.23. The van der Waals surface area contributed by atoms with Crippen LogP contribution in [0.3, 0.4) is 0 Å². The molecule has 1 aliphatic heterocycles. The summed E-state index contributed by atoms with van der Waals surface area (Å²) in [7, 11) is 0. The fourth-order valence-electron chi connectivity index (χ4n) is 2.69. The Bertz CT molecular complexity index is 724. The number of anilines is 1. The van der Waals surface area contributed by atoms with E-state index in [4.69, 9.17) is 4.74 Å². The first-order valence-electron chi connectivity index (χ1n) is 7.36. The van der Waals surface area contributed by atoms with Crippen molar-refractivity contribution in [3.8, 4) is 0 Å². The van der Waals surface area contributed by atoms with Gasteiger partial charge in [0.1, 0.15) is 6.10 Å². The summed E-state index contributed by atoms with van der Waals surface area (Å²) in [6.07, 6.45) is 0.468. The molecule has 2 aromatic rings. The number of aryl methyl sites for hydroxylation is 1. The van der Waals surface area contributed by atoms with Crippen LogP contribution in [-0.2, 0) is 16.0 Å². The quantitative estimate of drug-likeness (QED) is 0.878. The molecule has 0 aliphatic carbocycles. The molecule has 0 bridgehead atoms. The number of carbonyl (C=O) groups is 2. The van der Waals surface area contributed by atoms with Gasteiger partial charge < -0.3 is 10.1 Å². The van der Waals surface area contributed by atoms with Gasteiger partial charge in [-0.1, -0.05) is 43.3 Å². The highest BCUT2D eigenvalue weighted by atomic mass is 16.5. The number of nitrogens with one attached hydrogen (secondary N) is 1. The number of carbonyl (C=O) groups excluding carboxylic acids is 2. The zero-order valence-electron chi connectivity index (χ0n) is 12.3. The first kappa shape index (κ1) is 14.3. The van der Waals surface area contributed by atoms with E-state index >= 15 is 0 Å². The number of hydrogen-bond acceptors (Lipinski definition) is 3. The molecule has 0 saturated heterocycles. The van der Waals surface area contributed by atoms with E-state index < -0.39 is 6.10 Å². The van der Waals surface area contributed by atoms with Crippen molar-refractivity contribution >= 4 is 17.6 Å². The highest BCUT2D eigenvalue weighted by Crippen LogP contribution is 2.33. The van der Waals surface area contributed by atoms with Crippen LogP contribution >= 0.6 is 0 Å². The maximum atomic E-state index is 12.3. The van der Waals surface area contributed by atoms with Crippen LogP contribution in [0.25, 0.3) is 0 Å². The van der Waals surface area contributed by atoms with Gasteiger partial charge in [0, 0.05) is 11.3 Å². The Hall–Kier alpha value is -2.62. The SMILES string of the molecule is CCc1ccccc1NC(=O)C[C@@H]1OC(=O)c2ccccc21. The van der Waals surface area contributed by atoms with E-state index in [9.17, 15) is 9.59 Å². The highest BCUT2D eigenvalue weighted by Gasteiger charge is 2.32. The smallest absolute Gasteiger partial charge is 0.339 e.